The fraction of sp³-hybridized carbons (Fsp3) is 0.522. The quantitative estimate of drug-likeness (QED) is 0.515. The molecular weight excluding hydrogens is 425 g/mol. The molecule has 1 N–H and O–H groups in total. The van der Waals surface area contributed by atoms with Gasteiger partial charge in [-0.15, -0.1) is 0 Å². The van der Waals surface area contributed by atoms with Crippen LogP contribution in [-0.4, -0.2) is 51.7 Å². The molecule has 0 aliphatic carbocycles. The molecule has 2 amide bonds. The van der Waals surface area contributed by atoms with Crippen molar-refractivity contribution in [1.29, 1.82) is 0 Å². The Morgan fingerprint density at radius 3 is 2.09 bits per heavy atom. The van der Waals surface area contributed by atoms with E-state index < -0.39 is 42.5 Å². The van der Waals surface area contributed by atoms with E-state index >= 15 is 0 Å². The van der Waals surface area contributed by atoms with Gasteiger partial charge >= 0.3 is 18.1 Å². The highest BCUT2D eigenvalue weighted by Crippen LogP contribution is 2.24. The first kappa shape index (κ1) is 27.2. The molecule has 32 heavy (non-hydrogen) atoms. The molecule has 9 heteroatoms. The number of hydrogen-bond acceptors (Lipinski definition) is 3. The van der Waals surface area contributed by atoms with E-state index in [1.807, 2.05) is 13.8 Å². The fourth-order valence-corrected chi connectivity index (χ4v) is 2.97. The van der Waals surface area contributed by atoms with Crippen LogP contribution < -0.4 is 0 Å². The van der Waals surface area contributed by atoms with Gasteiger partial charge in [-0.05, 0) is 30.2 Å². The second kappa shape index (κ2) is 12.3. The number of halogens is 3. The highest BCUT2D eigenvalue weighted by molar-refractivity contribution is 5.88. The molecule has 1 aromatic carbocycles. The maximum atomic E-state index is 13.3. The summed E-state index contributed by atoms with van der Waals surface area (Å²) < 4.78 is 40.0. The van der Waals surface area contributed by atoms with Gasteiger partial charge in [0.25, 0.3) is 0 Å². The van der Waals surface area contributed by atoms with Crippen LogP contribution in [0.4, 0.5) is 13.2 Å². The first-order valence-electron chi connectivity index (χ1n) is 10.5. The summed E-state index contributed by atoms with van der Waals surface area (Å²) >= 11 is 0. The molecule has 0 fully saturated rings. The standard InChI is InChI=1S/C23H31F3N2O4/c1-16(2)13-14-20(29)28(27(15-17(3)4)22(32)23(24,25)26)19(21(30)31)12-8-11-18-9-6-5-7-10-18/h5-11,16-17,19H,12-15H2,1-4H3,(H,30,31)/t19-/m0/s1. The third-order valence-corrected chi connectivity index (χ3v) is 4.52. The fourth-order valence-electron chi connectivity index (χ4n) is 2.97. The van der Waals surface area contributed by atoms with Crippen LogP contribution in [0.5, 0.6) is 0 Å². The predicted molar refractivity (Wildman–Crippen MR) is 115 cm³/mol. The van der Waals surface area contributed by atoms with Gasteiger partial charge in [-0.1, -0.05) is 70.2 Å². The molecule has 0 bridgehead atoms. The number of carboxylic acid groups (broad SMARTS) is 1. The Kier molecular flexibility index (Phi) is 10.4. The smallest absolute Gasteiger partial charge is 0.473 e. The third-order valence-electron chi connectivity index (χ3n) is 4.52. The molecule has 178 valence electrons. The van der Waals surface area contributed by atoms with Crippen molar-refractivity contribution >= 4 is 23.9 Å². The Morgan fingerprint density at radius 1 is 1.03 bits per heavy atom. The molecule has 0 spiro atoms. The molecule has 1 aromatic rings. The first-order chi connectivity index (χ1) is 14.8. The van der Waals surface area contributed by atoms with Crippen LogP contribution in [0.25, 0.3) is 6.08 Å². The predicted octanol–water partition coefficient (Wildman–Crippen LogP) is 4.77. The average Bonchev–Trinajstić information content (AvgIpc) is 2.69. The molecule has 0 saturated heterocycles. The van der Waals surface area contributed by atoms with Crippen molar-refractivity contribution in [3.8, 4) is 0 Å². The van der Waals surface area contributed by atoms with E-state index in [0.29, 0.717) is 11.4 Å². The first-order valence-corrected chi connectivity index (χ1v) is 10.5. The Hall–Kier alpha value is -2.84. The van der Waals surface area contributed by atoms with Crippen molar-refractivity contribution in [2.45, 2.75) is 59.2 Å². The van der Waals surface area contributed by atoms with Crippen LogP contribution in [0.15, 0.2) is 36.4 Å². The number of hydrogen-bond donors (Lipinski definition) is 1. The van der Waals surface area contributed by atoms with E-state index in [1.165, 1.54) is 6.08 Å². The minimum atomic E-state index is -5.26. The zero-order chi connectivity index (χ0) is 24.5. The van der Waals surface area contributed by atoms with E-state index in [2.05, 4.69) is 0 Å². The number of rotatable bonds is 10. The van der Waals surface area contributed by atoms with Crippen molar-refractivity contribution in [1.82, 2.24) is 10.0 Å². The number of aliphatic carboxylic acids is 1. The average molecular weight is 457 g/mol. The summed E-state index contributed by atoms with van der Waals surface area (Å²) in [4.78, 5) is 37.2. The highest BCUT2D eigenvalue weighted by Gasteiger charge is 2.47. The van der Waals surface area contributed by atoms with Gasteiger partial charge in [-0.2, -0.15) is 13.2 Å². The second-order valence-corrected chi connectivity index (χ2v) is 8.35. The summed E-state index contributed by atoms with van der Waals surface area (Å²) in [5.41, 5.74) is 0.764. The van der Waals surface area contributed by atoms with Crippen molar-refractivity contribution in [3.05, 3.63) is 42.0 Å². The summed E-state index contributed by atoms with van der Waals surface area (Å²) in [5, 5.41) is 10.5. The summed E-state index contributed by atoms with van der Waals surface area (Å²) in [6, 6.07) is 7.25. The normalized spacial score (nSPS) is 12.9. The Bertz CT molecular complexity index is 792. The van der Waals surface area contributed by atoms with E-state index in [0.717, 1.165) is 5.56 Å². The third kappa shape index (κ3) is 8.72. The van der Waals surface area contributed by atoms with Gasteiger partial charge < -0.3 is 5.11 Å². The highest BCUT2D eigenvalue weighted by atomic mass is 19.4. The second-order valence-electron chi connectivity index (χ2n) is 8.35. The minimum absolute atomic E-state index is 0.0684. The number of alkyl halides is 3. The van der Waals surface area contributed by atoms with Gasteiger partial charge in [0.2, 0.25) is 5.91 Å². The number of carbonyl (C=O) groups is 3. The number of nitrogens with zero attached hydrogens (tertiary/aromatic N) is 2. The summed E-state index contributed by atoms with van der Waals surface area (Å²) in [7, 11) is 0. The summed E-state index contributed by atoms with van der Waals surface area (Å²) in [6.07, 6.45) is -2.26. The molecule has 0 unspecified atom stereocenters. The molecule has 1 rings (SSSR count). The van der Waals surface area contributed by atoms with E-state index in [1.54, 1.807) is 50.3 Å². The molecule has 0 aromatic heterocycles. The summed E-state index contributed by atoms with van der Waals surface area (Å²) in [6.45, 7) is 6.39. The van der Waals surface area contributed by atoms with Crippen LogP contribution in [-0.2, 0) is 14.4 Å². The molecule has 0 heterocycles. The number of amides is 2. The lowest BCUT2D eigenvalue weighted by molar-refractivity contribution is -0.210. The largest absolute Gasteiger partial charge is 0.480 e. The van der Waals surface area contributed by atoms with Gasteiger partial charge in [0, 0.05) is 13.0 Å². The SMILES string of the molecule is CC(C)CCC(=O)N([C@@H](CC=Cc1ccccc1)C(=O)O)N(CC(C)C)C(=O)C(F)(F)F. The Balaban J connectivity index is 3.36. The topological polar surface area (TPSA) is 77.9 Å². The van der Waals surface area contributed by atoms with E-state index in [-0.39, 0.29) is 23.8 Å². The number of hydrazine groups is 1. The van der Waals surface area contributed by atoms with Crippen molar-refractivity contribution < 1.29 is 32.7 Å². The number of carboxylic acids is 1. The maximum absolute atomic E-state index is 13.3. The van der Waals surface area contributed by atoms with Crippen LogP contribution in [0.2, 0.25) is 0 Å². The lowest BCUT2D eigenvalue weighted by atomic mass is 10.1. The van der Waals surface area contributed by atoms with Gasteiger partial charge in [0.1, 0.15) is 0 Å². The number of benzene rings is 1. The summed E-state index contributed by atoms with van der Waals surface area (Å²) in [5.74, 6) is -4.96. The van der Waals surface area contributed by atoms with E-state index in [9.17, 15) is 32.7 Å². The zero-order valence-electron chi connectivity index (χ0n) is 18.8. The lowest BCUT2D eigenvalue weighted by Crippen LogP contribution is -2.60. The maximum Gasteiger partial charge on any atom is 0.473 e. The molecule has 0 aliphatic rings. The van der Waals surface area contributed by atoms with Crippen LogP contribution >= 0.6 is 0 Å². The van der Waals surface area contributed by atoms with Gasteiger partial charge in [-0.3, -0.25) is 9.59 Å². The lowest BCUT2D eigenvalue weighted by Gasteiger charge is -2.39. The molecule has 1 atom stereocenters. The van der Waals surface area contributed by atoms with Gasteiger partial charge in [0.05, 0.1) is 0 Å². The van der Waals surface area contributed by atoms with Crippen molar-refractivity contribution in [2.75, 3.05) is 6.54 Å². The monoisotopic (exact) mass is 456 g/mol. The minimum Gasteiger partial charge on any atom is -0.480 e. The molecular formula is C23H31F3N2O4. The van der Waals surface area contributed by atoms with Crippen LogP contribution in [0.3, 0.4) is 0 Å². The Morgan fingerprint density at radius 2 is 1.62 bits per heavy atom. The molecule has 0 radical (unpaired) electrons. The Labute approximate surface area is 186 Å². The molecule has 6 nitrogen and oxygen atoms in total. The van der Waals surface area contributed by atoms with Crippen molar-refractivity contribution in [3.63, 3.8) is 0 Å². The molecule has 0 saturated carbocycles. The van der Waals surface area contributed by atoms with Gasteiger partial charge in [0.15, 0.2) is 6.04 Å². The van der Waals surface area contributed by atoms with Crippen molar-refractivity contribution in [2.24, 2.45) is 11.8 Å². The van der Waals surface area contributed by atoms with Gasteiger partial charge in [-0.25, -0.2) is 14.8 Å². The van der Waals surface area contributed by atoms with Crippen LogP contribution in [0, 0.1) is 11.8 Å². The zero-order valence-corrected chi connectivity index (χ0v) is 18.8. The van der Waals surface area contributed by atoms with Crippen LogP contribution in [0.1, 0.15) is 52.5 Å². The molecule has 0 aliphatic heterocycles. The van der Waals surface area contributed by atoms with E-state index in [4.69, 9.17) is 0 Å². The number of carbonyl (C=O) groups excluding carboxylic acids is 2.